The van der Waals surface area contributed by atoms with E-state index in [1.54, 1.807) is 31.2 Å². The number of anilines is 1. The smallest absolute Gasteiger partial charge is 0.340 e. The fraction of sp³-hybridized carbons (Fsp3) is 0.133. The van der Waals surface area contributed by atoms with Crippen LogP contribution < -0.4 is 10.5 Å². The lowest BCUT2D eigenvalue weighted by atomic mass is 10.1. The van der Waals surface area contributed by atoms with Crippen LogP contribution in [-0.2, 0) is 4.74 Å². The fourth-order valence-corrected chi connectivity index (χ4v) is 2.24. The van der Waals surface area contributed by atoms with E-state index in [1.807, 2.05) is 0 Å². The second-order valence-electron chi connectivity index (χ2n) is 4.37. The summed E-state index contributed by atoms with van der Waals surface area (Å²) >= 11 is 11.9. The van der Waals surface area contributed by atoms with E-state index in [9.17, 15) is 4.79 Å². The third kappa shape index (κ3) is 3.40. The number of ether oxygens (including phenoxy) is 2. The molecule has 0 amide bonds. The van der Waals surface area contributed by atoms with Crippen molar-refractivity contribution in [2.45, 2.75) is 6.92 Å². The van der Waals surface area contributed by atoms with Gasteiger partial charge in [0, 0.05) is 10.7 Å². The summed E-state index contributed by atoms with van der Waals surface area (Å²) in [5.74, 6) is 0.343. The Bertz CT molecular complexity index is 702. The zero-order valence-electron chi connectivity index (χ0n) is 11.4. The summed E-state index contributed by atoms with van der Waals surface area (Å²) in [6.07, 6.45) is 0. The van der Waals surface area contributed by atoms with Gasteiger partial charge in [0.2, 0.25) is 0 Å². The predicted molar refractivity (Wildman–Crippen MR) is 83.5 cm³/mol. The average Bonchev–Trinajstić information content (AvgIpc) is 2.44. The van der Waals surface area contributed by atoms with Gasteiger partial charge in [-0.25, -0.2) is 4.79 Å². The molecule has 0 aliphatic rings. The number of nitrogens with two attached hydrogens (primary N) is 1. The van der Waals surface area contributed by atoms with E-state index in [-0.39, 0.29) is 5.56 Å². The molecule has 0 atom stereocenters. The van der Waals surface area contributed by atoms with Crippen LogP contribution in [0.4, 0.5) is 5.69 Å². The molecule has 2 aromatic carbocycles. The molecule has 0 aliphatic carbocycles. The number of methoxy groups -OCH3 is 1. The molecule has 2 rings (SSSR count). The standard InChI is InChI=1S/C15H13Cl2NO3/c1-8-5-10(7-11(14(8)18)15(19)20-2)21-13-4-3-9(16)6-12(13)17/h3-7H,18H2,1-2H3. The van der Waals surface area contributed by atoms with E-state index >= 15 is 0 Å². The number of carbonyl (C=O) groups excluding carboxylic acids is 1. The maximum atomic E-state index is 11.7. The quantitative estimate of drug-likeness (QED) is 0.668. The summed E-state index contributed by atoms with van der Waals surface area (Å²) in [5.41, 5.74) is 7.18. The third-order valence-corrected chi connectivity index (χ3v) is 3.42. The first kappa shape index (κ1) is 15.5. The molecular formula is C15H13Cl2NO3. The van der Waals surface area contributed by atoms with Gasteiger partial charge in [0.25, 0.3) is 0 Å². The molecule has 2 aromatic rings. The summed E-state index contributed by atoms with van der Waals surface area (Å²) in [5, 5.41) is 0.882. The van der Waals surface area contributed by atoms with Gasteiger partial charge in [-0.15, -0.1) is 0 Å². The first-order valence-electron chi connectivity index (χ1n) is 6.03. The normalized spacial score (nSPS) is 10.3. The monoisotopic (exact) mass is 325 g/mol. The van der Waals surface area contributed by atoms with Crippen LogP contribution in [0.3, 0.4) is 0 Å². The first-order chi connectivity index (χ1) is 9.92. The molecule has 0 aromatic heterocycles. The molecule has 0 saturated heterocycles. The molecular weight excluding hydrogens is 313 g/mol. The van der Waals surface area contributed by atoms with Crippen molar-refractivity contribution in [1.82, 2.24) is 0 Å². The van der Waals surface area contributed by atoms with E-state index in [2.05, 4.69) is 0 Å². The Labute approximate surface area is 132 Å². The van der Waals surface area contributed by atoms with Crippen LogP contribution >= 0.6 is 23.2 Å². The molecule has 110 valence electrons. The van der Waals surface area contributed by atoms with Crippen LogP contribution in [0.15, 0.2) is 30.3 Å². The number of hydrogen-bond donors (Lipinski definition) is 1. The van der Waals surface area contributed by atoms with Crippen LogP contribution in [0.5, 0.6) is 11.5 Å². The Kier molecular flexibility index (Phi) is 4.60. The molecule has 0 spiro atoms. The van der Waals surface area contributed by atoms with Gasteiger partial charge in [-0.05, 0) is 42.8 Å². The molecule has 0 saturated carbocycles. The lowest BCUT2D eigenvalue weighted by Gasteiger charge is -2.12. The van der Waals surface area contributed by atoms with Crippen LogP contribution in [0, 0.1) is 6.92 Å². The Hall–Kier alpha value is -1.91. The molecule has 4 nitrogen and oxygen atoms in total. The molecule has 0 unspecified atom stereocenters. The van der Waals surface area contributed by atoms with Gasteiger partial charge in [-0.2, -0.15) is 0 Å². The topological polar surface area (TPSA) is 61.5 Å². The second-order valence-corrected chi connectivity index (χ2v) is 5.21. The van der Waals surface area contributed by atoms with Crippen LogP contribution in [0.1, 0.15) is 15.9 Å². The van der Waals surface area contributed by atoms with Gasteiger partial charge in [0.15, 0.2) is 0 Å². The molecule has 0 heterocycles. The molecule has 0 bridgehead atoms. The molecule has 6 heteroatoms. The minimum atomic E-state index is -0.525. The highest BCUT2D eigenvalue weighted by Crippen LogP contribution is 2.33. The number of nitrogen functional groups attached to an aromatic ring is 1. The lowest BCUT2D eigenvalue weighted by molar-refractivity contribution is 0.0601. The Morgan fingerprint density at radius 3 is 2.52 bits per heavy atom. The van der Waals surface area contributed by atoms with Crippen molar-refractivity contribution in [3.63, 3.8) is 0 Å². The van der Waals surface area contributed by atoms with Crippen LogP contribution in [0.25, 0.3) is 0 Å². The van der Waals surface area contributed by atoms with Crippen molar-refractivity contribution in [1.29, 1.82) is 0 Å². The summed E-state index contributed by atoms with van der Waals surface area (Å²) in [4.78, 5) is 11.7. The number of carbonyl (C=O) groups is 1. The fourth-order valence-electron chi connectivity index (χ4n) is 1.79. The van der Waals surface area contributed by atoms with Gasteiger partial charge in [-0.1, -0.05) is 23.2 Å². The zero-order valence-corrected chi connectivity index (χ0v) is 13.0. The van der Waals surface area contributed by atoms with Crippen molar-refractivity contribution in [2.24, 2.45) is 0 Å². The van der Waals surface area contributed by atoms with Crippen molar-refractivity contribution in [2.75, 3.05) is 12.8 Å². The van der Waals surface area contributed by atoms with Crippen molar-refractivity contribution < 1.29 is 14.3 Å². The van der Waals surface area contributed by atoms with Gasteiger partial charge >= 0.3 is 5.97 Å². The largest absolute Gasteiger partial charge is 0.465 e. The van der Waals surface area contributed by atoms with Crippen LogP contribution in [0.2, 0.25) is 10.0 Å². The van der Waals surface area contributed by atoms with E-state index in [1.165, 1.54) is 13.2 Å². The lowest BCUT2D eigenvalue weighted by Crippen LogP contribution is -2.07. The summed E-state index contributed by atoms with van der Waals surface area (Å²) < 4.78 is 10.4. The minimum Gasteiger partial charge on any atom is -0.465 e. The zero-order chi connectivity index (χ0) is 15.6. The Morgan fingerprint density at radius 1 is 1.19 bits per heavy atom. The second kappa shape index (κ2) is 6.24. The van der Waals surface area contributed by atoms with Crippen LogP contribution in [-0.4, -0.2) is 13.1 Å². The van der Waals surface area contributed by atoms with Crippen molar-refractivity contribution in [3.8, 4) is 11.5 Å². The van der Waals surface area contributed by atoms with E-state index in [4.69, 9.17) is 38.4 Å². The number of rotatable bonds is 3. The highest BCUT2D eigenvalue weighted by molar-refractivity contribution is 6.35. The molecule has 2 N–H and O–H groups in total. The molecule has 0 radical (unpaired) electrons. The molecule has 0 fully saturated rings. The van der Waals surface area contributed by atoms with Crippen molar-refractivity contribution in [3.05, 3.63) is 51.5 Å². The molecule has 0 aliphatic heterocycles. The van der Waals surface area contributed by atoms with Gasteiger partial charge in [0.1, 0.15) is 11.5 Å². The van der Waals surface area contributed by atoms with Gasteiger partial charge < -0.3 is 15.2 Å². The Balaban J connectivity index is 2.40. The third-order valence-electron chi connectivity index (χ3n) is 2.89. The molecule has 21 heavy (non-hydrogen) atoms. The maximum Gasteiger partial charge on any atom is 0.340 e. The van der Waals surface area contributed by atoms with Gasteiger partial charge in [0.05, 0.1) is 17.7 Å². The SMILES string of the molecule is COC(=O)c1cc(Oc2ccc(Cl)cc2Cl)cc(C)c1N. The summed E-state index contributed by atoms with van der Waals surface area (Å²) in [6.45, 7) is 1.78. The Morgan fingerprint density at radius 2 is 1.90 bits per heavy atom. The maximum absolute atomic E-state index is 11.7. The first-order valence-corrected chi connectivity index (χ1v) is 6.79. The highest BCUT2D eigenvalue weighted by atomic mass is 35.5. The number of halogens is 2. The minimum absolute atomic E-state index is 0.248. The van der Waals surface area contributed by atoms with E-state index in [0.29, 0.717) is 32.8 Å². The number of aryl methyl sites for hydroxylation is 1. The summed E-state index contributed by atoms with van der Waals surface area (Å²) in [7, 11) is 1.29. The summed E-state index contributed by atoms with van der Waals surface area (Å²) in [6, 6.07) is 8.11. The number of benzene rings is 2. The average molecular weight is 326 g/mol. The van der Waals surface area contributed by atoms with E-state index in [0.717, 1.165) is 0 Å². The highest BCUT2D eigenvalue weighted by Gasteiger charge is 2.15. The number of hydrogen-bond acceptors (Lipinski definition) is 4. The van der Waals surface area contributed by atoms with E-state index < -0.39 is 5.97 Å². The van der Waals surface area contributed by atoms with Gasteiger partial charge in [-0.3, -0.25) is 0 Å². The predicted octanol–water partition coefficient (Wildman–Crippen LogP) is 4.46. The van der Waals surface area contributed by atoms with Crippen molar-refractivity contribution >= 4 is 34.9 Å². The number of esters is 1.